The number of ether oxygens (including phenoxy) is 1. The Bertz CT molecular complexity index is 867. The van der Waals surface area contributed by atoms with Gasteiger partial charge in [0.05, 0.1) is 18.5 Å². The van der Waals surface area contributed by atoms with Gasteiger partial charge in [-0.25, -0.2) is 9.78 Å². The molecule has 0 saturated carbocycles. The van der Waals surface area contributed by atoms with Gasteiger partial charge in [0.15, 0.2) is 0 Å². The van der Waals surface area contributed by atoms with E-state index < -0.39 is 0 Å². The van der Waals surface area contributed by atoms with E-state index in [0.29, 0.717) is 25.0 Å². The Morgan fingerprint density at radius 2 is 1.58 bits per heavy atom. The molecule has 0 radical (unpaired) electrons. The van der Waals surface area contributed by atoms with Crippen LogP contribution in [-0.4, -0.2) is 27.9 Å². The standard InChI is InChI=1S/C21H20N2O3/c1-2-26-21(25)18-7-3-16(4-8-18)13-20(24)14-17-5-9-19(10-6-17)23-12-11-22-15-23/h3-12,15H,2,13-14H2,1H3. The third kappa shape index (κ3) is 4.45. The van der Waals surface area contributed by atoms with Crippen LogP contribution in [0.1, 0.15) is 28.4 Å². The molecule has 1 aromatic heterocycles. The van der Waals surface area contributed by atoms with Gasteiger partial charge in [-0.3, -0.25) is 4.79 Å². The Balaban J connectivity index is 1.57. The molecule has 0 spiro atoms. The Morgan fingerprint density at radius 3 is 2.12 bits per heavy atom. The Labute approximate surface area is 152 Å². The normalized spacial score (nSPS) is 10.5. The monoisotopic (exact) mass is 348 g/mol. The average molecular weight is 348 g/mol. The lowest BCUT2D eigenvalue weighted by molar-refractivity contribution is -0.117. The van der Waals surface area contributed by atoms with Crippen LogP contribution in [0, 0.1) is 0 Å². The van der Waals surface area contributed by atoms with Crippen LogP contribution in [0.4, 0.5) is 0 Å². The summed E-state index contributed by atoms with van der Waals surface area (Å²) in [5.74, 6) is -0.215. The molecule has 0 aliphatic rings. The highest BCUT2D eigenvalue weighted by Crippen LogP contribution is 2.12. The van der Waals surface area contributed by atoms with E-state index in [9.17, 15) is 9.59 Å². The SMILES string of the molecule is CCOC(=O)c1ccc(CC(=O)Cc2ccc(-n3ccnc3)cc2)cc1. The van der Waals surface area contributed by atoms with Crippen molar-refractivity contribution in [2.75, 3.05) is 6.61 Å². The van der Waals surface area contributed by atoms with Gasteiger partial charge < -0.3 is 9.30 Å². The minimum Gasteiger partial charge on any atom is -0.462 e. The van der Waals surface area contributed by atoms with Gasteiger partial charge in [0.2, 0.25) is 0 Å². The summed E-state index contributed by atoms with van der Waals surface area (Å²) in [6, 6.07) is 14.8. The zero-order valence-corrected chi connectivity index (χ0v) is 14.6. The van der Waals surface area contributed by atoms with Crippen molar-refractivity contribution < 1.29 is 14.3 Å². The molecule has 0 aliphatic heterocycles. The fourth-order valence-corrected chi connectivity index (χ4v) is 2.69. The third-order valence-corrected chi connectivity index (χ3v) is 4.01. The van der Waals surface area contributed by atoms with E-state index in [1.807, 2.05) is 35.0 Å². The summed E-state index contributed by atoms with van der Waals surface area (Å²) in [5.41, 5.74) is 3.37. The number of aromatic nitrogens is 2. The minimum atomic E-state index is -0.344. The first-order valence-corrected chi connectivity index (χ1v) is 8.50. The van der Waals surface area contributed by atoms with E-state index in [0.717, 1.165) is 16.8 Å². The Hall–Kier alpha value is -3.21. The highest BCUT2D eigenvalue weighted by Gasteiger charge is 2.09. The number of benzene rings is 2. The molecule has 0 fully saturated rings. The predicted octanol–water partition coefficient (Wildman–Crippen LogP) is 3.40. The van der Waals surface area contributed by atoms with Crippen molar-refractivity contribution in [3.8, 4) is 5.69 Å². The molecule has 0 bridgehead atoms. The molecule has 5 nitrogen and oxygen atoms in total. The topological polar surface area (TPSA) is 61.2 Å². The van der Waals surface area contributed by atoms with Crippen LogP contribution < -0.4 is 0 Å². The van der Waals surface area contributed by atoms with Gasteiger partial charge in [-0.2, -0.15) is 0 Å². The molecular formula is C21H20N2O3. The van der Waals surface area contributed by atoms with Gasteiger partial charge in [0, 0.05) is 30.9 Å². The lowest BCUT2D eigenvalue weighted by Gasteiger charge is -2.06. The smallest absolute Gasteiger partial charge is 0.338 e. The number of ketones is 1. The van der Waals surface area contributed by atoms with Gasteiger partial charge in [0.1, 0.15) is 5.78 Å². The van der Waals surface area contributed by atoms with Crippen molar-refractivity contribution in [1.29, 1.82) is 0 Å². The molecule has 0 aliphatic carbocycles. The molecule has 26 heavy (non-hydrogen) atoms. The van der Waals surface area contributed by atoms with Crippen molar-refractivity contribution in [3.05, 3.63) is 83.9 Å². The zero-order valence-electron chi connectivity index (χ0n) is 14.6. The maximum Gasteiger partial charge on any atom is 0.338 e. The summed E-state index contributed by atoms with van der Waals surface area (Å²) in [5, 5.41) is 0. The molecule has 3 aromatic rings. The summed E-state index contributed by atoms with van der Waals surface area (Å²) >= 11 is 0. The molecule has 1 heterocycles. The number of hydrogen-bond acceptors (Lipinski definition) is 4. The maximum absolute atomic E-state index is 12.3. The molecule has 2 aromatic carbocycles. The lowest BCUT2D eigenvalue weighted by Crippen LogP contribution is -2.08. The molecule has 132 valence electrons. The first kappa shape index (κ1) is 17.6. The molecular weight excluding hydrogens is 328 g/mol. The number of hydrogen-bond donors (Lipinski definition) is 0. The lowest BCUT2D eigenvalue weighted by atomic mass is 10.0. The predicted molar refractivity (Wildman–Crippen MR) is 98.4 cm³/mol. The minimum absolute atomic E-state index is 0.129. The Morgan fingerprint density at radius 1 is 0.962 bits per heavy atom. The number of imidazole rings is 1. The second kappa shape index (κ2) is 8.25. The molecule has 0 N–H and O–H groups in total. The van der Waals surface area contributed by atoms with Crippen LogP contribution in [0.5, 0.6) is 0 Å². The molecule has 0 atom stereocenters. The van der Waals surface area contributed by atoms with Gasteiger partial charge in [-0.15, -0.1) is 0 Å². The third-order valence-electron chi connectivity index (χ3n) is 4.01. The zero-order chi connectivity index (χ0) is 18.4. The molecule has 0 amide bonds. The number of Topliss-reactive ketones (excluding diaryl/α,β-unsaturated/α-hetero) is 1. The molecule has 3 rings (SSSR count). The van der Waals surface area contributed by atoms with E-state index in [4.69, 9.17) is 4.74 Å². The van der Waals surface area contributed by atoms with E-state index >= 15 is 0 Å². The average Bonchev–Trinajstić information content (AvgIpc) is 3.18. The summed E-state index contributed by atoms with van der Waals surface area (Å²) in [4.78, 5) is 28.0. The second-order valence-corrected chi connectivity index (χ2v) is 5.95. The number of carbonyl (C=O) groups is 2. The fraction of sp³-hybridized carbons (Fsp3) is 0.190. The van der Waals surface area contributed by atoms with Crippen LogP contribution in [0.15, 0.2) is 67.3 Å². The van der Waals surface area contributed by atoms with Crippen molar-refractivity contribution in [3.63, 3.8) is 0 Å². The summed E-state index contributed by atoms with van der Waals surface area (Å²) in [7, 11) is 0. The van der Waals surface area contributed by atoms with E-state index in [1.54, 1.807) is 43.7 Å². The summed E-state index contributed by atoms with van der Waals surface area (Å²) in [6.07, 6.45) is 6.06. The number of carbonyl (C=O) groups excluding carboxylic acids is 2. The number of esters is 1. The van der Waals surface area contributed by atoms with Crippen LogP contribution >= 0.6 is 0 Å². The van der Waals surface area contributed by atoms with Gasteiger partial charge in [-0.05, 0) is 42.3 Å². The highest BCUT2D eigenvalue weighted by molar-refractivity contribution is 5.89. The van der Waals surface area contributed by atoms with Gasteiger partial charge in [0.25, 0.3) is 0 Å². The van der Waals surface area contributed by atoms with Crippen molar-refractivity contribution in [2.24, 2.45) is 0 Å². The fourth-order valence-electron chi connectivity index (χ4n) is 2.69. The number of rotatable bonds is 7. The summed E-state index contributed by atoms with van der Waals surface area (Å²) < 4.78 is 6.87. The van der Waals surface area contributed by atoms with Gasteiger partial charge >= 0.3 is 5.97 Å². The second-order valence-electron chi connectivity index (χ2n) is 5.95. The maximum atomic E-state index is 12.3. The molecule has 5 heteroatoms. The Kier molecular flexibility index (Phi) is 5.59. The highest BCUT2D eigenvalue weighted by atomic mass is 16.5. The van der Waals surface area contributed by atoms with Crippen molar-refractivity contribution >= 4 is 11.8 Å². The van der Waals surface area contributed by atoms with Crippen LogP contribution in [0.3, 0.4) is 0 Å². The van der Waals surface area contributed by atoms with Crippen molar-refractivity contribution in [2.45, 2.75) is 19.8 Å². The first-order valence-electron chi connectivity index (χ1n) is 8.50. The molecule has 0 saturated heterocycles. The summed E-state index contributed by atoms with van der Waals surface area (Å²) in [6.45, 7) is 2.12. The number of nitrogens with zero attached hydrogens (tertiary/aromatic N) is 2. The molecule has 0 unspecified atom stereocenters. The largest absolute Gasteiger partial charge is 0.462 e. The van der Waals surface area contributed by atoms with Crippen molar-refractivity contribution in [1.82, 2.24) is 9.55 Å². The van der Waals surface area contributed by atoms with Crippen LogP contribution in [-0.2, 0) is 22.4 Å². The quantitative estimate of drug-likeness (QED) is 0.614. The van der Waals surface area contributed by atoms with E-state index in [2.05, 4.69) is 4.98 Å². The van der Waals surface area contributed by atoms with Crippen LogP contribution in [0.25, 0.3) is 5.69 Å². The van der Waals surface area contributed by atoms with E-state index in [-0.39, 0.29) is 11.8 Å². The van der Waals surface area contributed by atoms with Crippen LogP contribution in [0.2, 0.25) is 0 Å². The van der Waals surface area contributed by atoms with Gasteiger partial charge in [-0.1, -0.05) is 24.3 Å². The van der Waals surface area contributed by atoms with E-state index in [1.165, 1.54) is 0 Å². The first-order chi connectivity index (χ1) is 12.7.